The summed E-state index contributed by atoms with van der Waals surface area (Å²) in [7, 11) is -4.73. The van der Waals surface area contributed by atoms with E-state index in [0.29, 0.717) is 12.2 Å². The number of fused-ring (bicyclic) bond motifs is 3. The molecule has 0 aliphatic heterocycles. The van der Waals surface area contributed by atoms with Crippen molar-refractivity contribution >= 4 is 27.9 Å². The normalized spacial score (nSPS) is 20.9. The summed E-state index contributed by atoms with van der Waals surface area (Å²) >= 11 is 0. The van der Waals surface area contributed by atoms with E-state index >= 15 is 0 Å². The summed E-state index contributed by atoms with van der Waals surface area (Å²) in [6.45, 7) is 15.0. The van der Waals surface area contributed by atoms with E-state index in [2.05, 4.69) is 54.5 Å². The number of aryl methyl sites for hydroxylation is 1. The second kappa shape index (κ2) is 8.29. The summed E-state index contributed by atoms with van der Waals surface area (Å²) < 4.78 is 6.34. The van der Waals surface area contributed by atoms with Gasteiger partial charge in [0.25, 0.3) is 0 Å². The molecule has 4 nitrogen and oxygen atoms in total. The molecule has 0 bridgehead atoms. The standard InChI is InChI=1S/C27H34O4P2/c1-17-15-23(22(26(5,6)7)16-21(17)25(2,3)4)31-33(30)27(32(28)29)14-10-13-20-18-11-8-9-12-19(18)24(20)27/h8-13,15-16,28-30H,14H2,1-7H3. The van der Waals surface area contributed by atoms with Gasteiger partial charge in [-0.1, -0.05) is 84.0 Å². The van der Waals surface area contributed by atoms with Crippen molar-refractivity contribution in [2.75, 3.05) is 0 Å². The van der Waals surface area contributed by atoms with Crippen molar-refractivity contribution in [1.29, 1.82) is 0 Å². The van der Waals surface area contributed by atoms with E-state index < -0.39 is 21.6 Å². The van der Waals surface area contributed by atoms with Gasteiger partial charge in [-0.05, 0) is 63.6 Å². The van der Waals surface area contributed by atoms with E-state index in [1.165, 1.54) is 5.56 Å². The highest BCUT2D eigenvalue weighted by Crippen LogP contribution is 2.74. The number of rotatable bonds is 4. The molecule has 2 aromatic rings. The number of hydrogen-bond donors (Lipinski definition) is 3. The maximum Gasteiger partial charge on any atom is 0.248 e. The van der Waals surface area contributed by atoms with Crippen LogP contribution in [0.2, 0.25) is 0 Å². The van der Waals surface area contributed by atoms with E-state index in [0.717, 1.165) is 33.4 Å². The minimum Gasteiger partial charge on any atom is -0.446 e. The lowest BCUT2D eigenvalue weighted by molar-refractivity contribution is 0.429. The Hall–Kier alpha value is -1.54. The highest BCUT2D eigenvalue weighted by molar-refractivity contribution is 7.68. The van der Waals surface area contributed by atoms with Crippen LogP contribution in [0.4, 0.5) is 0 Å². The Labute approximate surface area is 199 Å². The molecule has 0 saturated heterocycles. The Morgan fingerprint density at radius 3 is 2.06 bits per heavy atom. The fourth-order valence-electron chi connectivity index (χ4n) is 4.95. The van der Waals surface area contributed by atoms with Crippen LogP contribution in [0.1, 0.15) is 75.8 Å². The molecule has 33 heavy (non-hydrogen) atoms. The van der Waals surface area contributed by atoms with Gasteiger partial charge in [0.15, 0.2) is 8.38 Å². The molecule has 4 rings (SSSR count). The number of hydrogen-bond acceptors (Lipinski definition) is 4. The van der Waals surface area contributed by atoms with Crippen LogP contribution in [-0.2, 0) is 10.8 Å². The minimum absolute atomic E-state index is 0.0260. The SMILES string of the molecule is Cc1cc(OP(O)C2(P(O)O)CC=CC3=C2c2ccccc23)c(C(C)(C)C)cc1C(C)(C)C. The minimum atomic E-state index is -2.50. The van der Waals surface area contributed by atoms with Gasteiger partial charge in [0.05, 0.1) is 0 Å². The summed E-state index contributed by atoms with van der Waals surface area (Å²) in [4.78, 5) is 31.7. The van der Waals surface area contributed by atoms with Crippen LogP contribution in [0.25, 0.3) is 11.1 Å². The molecule has 2 aliphatic rings. The Balaban J connectivity index is 1.80. The quantitative estimate of drug-likeness (QED) is 0.403. The third-order valence-electron chi connectivity index (χ3n) is 6.62. The zero-order valence-corrected chi connectivity index (χ0v) is 22.3. The zero-order chi connectivity index (χ0) is 24.3. The Morgan fingerprint density at radius 2 is 1.48 bits per heavy atom. The molecule has 0 aromatic heterocycles. The Kier molecular flexibility index (Phi) is 6.18. The maximum absolute atomic E-state index is 11.6. The van der Waals surface area contributed by atoms with E-state index in [-0.39, 0.29) is 10.8 Å². The molecule has 6 heteroatoms. The average Bonchev–Trinajstić information content (AvgIpc) is 2.69. The lowest BCUT2D eigenvalue weighted by atomic mass is 9.75. The van der Waals surface area contributed by atoms with Crippen molar-refractivity contribution in [2.24, 2.45) is 0 Å². The van der Waals surface area contributed by atoms with E-state index in [9.17, 15) is 14.7 Å². The fourth-order valence-corrected chi connectivity index (χ4v) is 7.58. The first-order chi connectivity index (χ1) is 15.3. The second-order valence-electron chi connectivity index (χ2n) is 11.1. The molecular weight excluding hydrogens is 450 g/mol. The predicted octanol–water partition coefficient (Wildman–Crippen LogP) is 7.15. The molecule has 2 atom stereocenters. The molecule has 0 radical (unpaired) electrons. The van der Waals surface area contributed by atoms with Crippen LogP contribution in [0.3, 0.4) is 0 Å². The van der Waals surface area contributed by atoms with Crippen LogP contribution < -0.4 is 4.52 Å². The molecule has 0 heterocycles. The number of allylic oxidation sites excluding steroid dienone is 4. The maximum atomic E-state index is 11.6. The van der Waals surface area contributed by atoms with Crippen LogP contribution >= 0.6 is 16.8 Å². The van der Waals surface area contributed by atoms with E-state index in [1.54, 1.807) is 0 Å². The summed E-state index contributed by atoms with van der Waals surface area (Å²) in [6.07, 6.45) is 4.26. The van der Waals surface area contributed by atoms with Gasteiger partial charge in [0.1, 0.15) is 10.6 Å². The van der Waals surface area contributed by atoms with Crippen LogP contribution in [0.5, 0.6) is 5.75 Å². The summed E-state index contributed by atoms with van der Waals surface area (Å²) in [5.74, 6) is 0.613. The van der Waals surface area contributed by atoms with Crippen molar-refractivity contribution in [3.63, 3.8) is 0 Å². The molecule has 3 N–H and O–H groups in total. The first-order valence-corrected chi connectivity index (χ1v) is 13.8. The molecule has 2 aliphatic carbocycles. The summed E-state index contributed by atoms with van der Waals surface area (Å²) in [5, 5.41) is 0. The summed E-state index contributed by atoms with van der Waals surface area (Å²) in [6, 6.07) is 12.1. The zero-order valence-electron chi connectivity index (χ0n) is 20.5. The molecule has 176 valence electrons. The lowest BCUT2D eigenvalue weighted by Crippen LogP contribution is -2.34. The molecule has 2 aromatic carbocycles. The van der Waals surface area contributed by atoms with Gasteiger partial charge < -0.3 is 19.2 Å². The fraction of sp³-hybridized carbons (Fsp3) is 0.407. The molecule has 0 amide bonds. The van der Waals surface area contributed by atoms with Crippen LogP contribution in [-0.4, -0.2) is 19.6 Å². The van der Waals surface area contributed by atoms with Gasteiger partial charge in [-0.25, -0.2) is 0 Å². The third kappa shape index (κ3) is 4.01. The lowest BCUT2D eigenvalue weighted by Gasteiger charge is -2.45. The van der Waals surface area contributed by atoms with Crippen molar-refractivity contribution < 1.29 is 19.2 Å². The highest BCUT2D eigenvalue weighted by atomic mass is 31.2. The third-order valence-corrected chi connectivity index (χ3v) is 10.1. The van der Waals surface area contributed by atoms with Gasteiger partial charge in [-0.3, -0.25) is 0 Å². The topological polar surface area (TPSA) is 69.9 Å². The van der Waals surface area contributed by atoms with Crippen molar-refractivity contribution in [3.05, 3.63) is 76.4 Å². The van der Waals surface area contributed by atoms with Crippen LogP contribution in [0.15, 0.2) is 48.6 Å². The van der Waals surface area contributed by atoms with Crippen LogP contribution in [0, 0.1) is 6.92 Å². The molecule has 2 unspecified atom stereocenters. The van der Waals surface area contributed by atoms with Crippen molar-refractivity contribution in [2.45, 2.75) is 70.6 Å². The highest BCUT2D eigenvalue weighted by Gasteiger charge is 2.56. The predicted molar refractivity (Wildman–Crippen MR) is 139 cm³/mol. The first-order valence-electron chi connectivity index (χ1n) is 11.3. The first kappa shape index (κ1) is 24.6. The summed E-state index contributed by atoms with van der Waals surface area (Å²) in [5.41, 5.74) is 6.92. The largest absolute Gasteiger partial charge is 0.446 e. The number of benzene rings is 2. The van der Waals surface area contributed by atoms with Gasteiger partial charge in [-0.15, -0.1) is 0 Å². The molecule has 0 spiro atoms. The Bertz CT molecular complexity index is 1150. The second-order valence-corrected chi connectivity index (χ2v) is 14.3. The molecule has 0 fully saturated rings. The van der Waals surface area contributed by atoms with Gasteiger partial charge >= 0.3 is 0 Å². The molecular formula is C27H34O4P2. The monoisotopic (exact) mass is 484 g/mol. The van der Waals surface area contributed by atoms with Gasteiger partial charge in [0, 0.05) is 5.56 Å². The van der Waals surface area contributed by atoms with E-state index in [1.807, 2.05) is 42.5 Å². The van der Waals surface area contributed by atoms with Crippen molar-refractivity contribution in [3.8, 4) is 5.75 Å². The Morgan fingerprint density at radius 1 is 0.879 bits per heavy atom. The average molecular weight is 485 g/mol. The smallest absolute Gasteiger partial charge is 0.248 e. The van der Waals surface area contributed by atoms with E-state index in [4.69, 9.17) is 4.52 Å². The van der Waals surface area contributed by atoms with Crippen molar-refractivity contribution in [1.82, 2.24) is 0 Å². The van der Waals surface area contributed by atoms with Gasteiger partial charge in [0.2, 0.25) is 8.38 Å². The van der Waals surface area contributed by atoms with Gasteiger partial charge in [-0.2, -0.15) is 0 Å². The molecule has 0 saturated carbocycles.